The minimum Gasteiger partial charge on any atom is -0.481 e. The number of nitrogens with one attached hydrogen (secondary N) is 1. The molecule has 40 heavy (non-hydrogen) atoms. The number of carboxylic acid groups (broad SMARTS) is 1. The lowest BCUT2D eigenvalue weighted by molar-refractivity contribution is -0.148. The van der Waals surface area contributed by atoms with Gasteiger partial charge >= 0.3 is 11.9 Å². The Kier molecular flexibility index (Phi) is 11.1. The molecular weight excluding hydrogens is 534 g/mol. The molecule has 1 saturated carbocycles. The summed E-state index contributed by atoms with van der Waals surface area (Å²) in [6.07, 6.45) is 5.93. The Balaban J connectivity index is 1.75. The first-order valence-electron chi connectivity index (χ1n) is 13.6. The van der Waals surface area contributed by atoms with Crippen molar-refractivity contribution in [2.75, 3.05) is 7.05 Å². The Morgan fingerprint density at radius 3 is 2.40 bits per heavy atom. The van der Waals surface area contributed by atoms with Crippen LogP contribution in [0.2, 0.25) is 0 Å². The van der Waals surface area contributed by atoms with Gasteiger partial charge in [0.25, 0.3) is 5.91 Å². The first-order chi connectivity index (χ1) is 18.9. The standard InChI is InChI=1S/C28H39N5O6S/c1-16(2)22(33(5)25(35)12-19-7-8-19)14-23(39-18(4)34)27-32-21(15-40-27)26(36)31-20(11-17(3)28(37)38)13-24-29-9-6-10-30-24/h6,9-10,15-17,19-20,22-23H,7-8,11-14H2,1-5H3,(H,31,36)(H,37,38)/t17?,20-,22?,23?/m1/s1. The molecule has 1 aliphatic carbocycles. The number of carbonyl (C=O) groups is 4. The first kappa shape index (κ1) is 31.1. The molecule has 0 saturated heterocycles. The van der Waals surface area contributed by atoms with E-state index in [4.69, 9.17) is 4.74 Å². The van der Waals surface area contributed by atoms with E-state index < -0.39 is 35.9 Å². The Labute approximate surface area is 238 Å². The minimum absolute atomic E-state index is 0.0750. The first-order valence-corrected chi connectivity index (χ1v) is 14.5. The van der Waals surface area contributed by atoms with Crippen LogP contribution in [0.1, 0.15) is 87.2 Å². The van der Waals surface area contributed by atoms with Gasteiger partial charge in [-0.3, -0.25) is 19.2 Å². The third-order valence-corrected chi connectivity index (χ3v) is 7.99. The van der Waals surface area contributed by atoms with E-state index in [1.54, 1.807) is 42.7 Å². The maximum absolute atomic E-state index is 13.2. The summed E-state index contributed by atoms with van der Waals surface area (Å²) in [6.45, 7) is 6.94. The number of aromatic nitrogens is 3. The molecule has 1 aliphatic rings. The van der Waals surface area contributed by atoms with Crippen molar-refractivity contribution in [1.29, 1.82) is 0 Å². The van der Waals surface area contributed by atoms with Crippen molar-refractivity contribution in [2.24, 2.45) is 17.8 Å². The lowest BCUT2D eigenvalue weighted by Gasteiger charge is -2.33. The smallest absolute Gasteiger partial charge is 0.306 e. The molecule has 1 fully saturated rings. The number of aliphatic carboxylic acids is 1. The quantitative estimate of drug-likeness (QED) is 0.304. The summed E-state index contributed by atoms with van der Waals surface area (Å²) in [5, 5.41) is 14.3. The summed E-state index contributed by atoms with van der Waals surface area (Å²) in [6, 6.07) is 0.953. The SMILES string of the molecule is CC(=O)OC(CC(C(C)C)N(C)C(=O)CC1CC1)c1nc(C(=O)N[C@@H](Cc2ncccn2)CC(C)C(=O)O)cs1. The number of nitrogens with zero attached hydrogens (tertiary/aromatic N) is 4. The second-order valence-corrected chi connectivity index (χ2v) is 11.8. The molecule has 11 nitrogen and oxygen atoms in total. The van der Waals surface area contributed by atoms with Crippen molar-refractivity contribution in [3.63, 3.8) is 0 Å². The summed E-state index contributed by atoms with van der Waals surface area (Å²) < 4.78 is 5.63. The largest absolute Gasteiger partial charge is 0.481 e. The molecule has 0 radical (unpaired) electrons. The van der Waals surface area contributed by atoms with Crippen LogP contribution in [0.4, 0.5) is 0 Å². The highest BCUT2D eigenvalue weighted by Gasteiger charge is 2.33. The molecule has 3 unspecified atom stereocenters. The van der Waals surface area contributed by atoms with Crippen LogP contribution in [0.5, 0.6) is 0 Å². The molecular formula is C28H39N5O6S. The van der Waals surface area contributed by atoms with E-state index in [1.165, 1.54) is 18.3 Å². The number of hydrogen-bond donors (Lipinski definition) is 2. The second-order valence-electron chi connectivity index (χ2n) is 10.9. The molecule has 2 heterocycles. The highest BCUT2D eigenvalue weighted by molar-refractivity contribution is 7.09. The molecule has 0 bridgehead atoms. The predicted octanol–water partition coefficient (Wildman–Crippen LogP) is 3.66. The number of rotatable bonds is 15. The number of carboxylic acids is 1. The van der Waals surface area contributed by atoms with Crippen LogP contribution in [-0.2, 0) is 25.5 Å². The van der Waals surface area contributed by atoms with Gasteiger partial charge < -0.3 is 20.1 Å². The van der Waals surface area contributed by atoms with Gasteiger partial charge in [-0.1, -0.05) is 20.8 Å². The summed E-state index contributed by atoms with van der Waals surface area (Å²) in [4.78, 5) is 64.1. The summed E-state index contributed by atoms with van der Waals surface area (Å²) >= 11 is 1.20. The summed E-state index contributed by atoms with van der Waals surface area (Å²) in [5.41, 5.74) is 0.137. The number of ether oxygens (including phenoxy) is 1. The molecule has 0 spiro atoms. The molecule has 0 aromatic carbocycles. The van der Waals surface area contributed by atoms with Crippen molar-refractivity contribution >= 4 is 35.1 Å². The topological polar surface area (TPSA) is 152 Å². The van der Waals surface area contributed by atoms with Gasteiger partial charge in [-0.25, -0.2) is 15.0 Å². The van der Waals surface area contributed by atoms with Gasteiger partial charge in [0, 0.05) is 63.1 Å². The van der Waals surface area contributed by atoms with Gasteiger partial charge in [0.05, 0.1) is 5.92 Å². The molecule has 2 aromatic rings. The molecule has 2 amide bonds. The average Bonchev–Trinajstić information content (AvgIpc) is 3.56. The van der Waals surface area contributed by atoms with Crippen LogP contribution in [0.3, 0.4) is 0 Å². The molecule has 218 valence electrons. The van der Waals surface area contributed by atoms with Gasteiger partial charge in [0.2, 0.25) is 5.91 Å². The zero-order valence-electron chi connectivity index (χ0n) is 23.7. The summed E-state index contributed by atoms with van der Waals surface area (Å²) in [5.74, 6) is -1.49. The van der Waals surface area contributed by atoms with Crippen molar-refractivity contribution in [2.45, 2.75) is 84.4 Å². The van der Waals surface area contributed by atoms with Crippen LogP contribution in [0.15, 0.2) is 23.8 Å². The van der Waals surface area contributed by atoms with Gasteiger partial charge in [-0.05, 0) is 37.2 Å². The van der Waals surface area contributed by atoms with E-state index >= 15 is 0 Å². The summed E-state index contributed by atoms with van der Waals surface area (Å²) in [7, 11) is 1.79. The molecule has 3 rings (SSSR count). The van der Waals surface area contributed by atoms with Crippen molar-refractivity contribution in [1.82, 2.24) is 25.2 Å². The van der Waals surface area contributed by atoms with E-state index in [-0.39, 0.29) is 36.4 Å². The van der Waals surface area contributed by atoms with E-state index in [2.05, 4.69) is 20.3 Å². The maximum atomic E-state index is 13.2. The average molecular weight is 574 g/mol. The monoisotopic (exact) mass is 573 g/mol. The van der Waals surface area contributed by atoms with E-state index in [0.717, 1.165) is 12.8 Å². The Morgan fingerprint density at radius 1 is 1.15 bits per heavy atom. The third kappa shape index (κ3) is 9.35. The van der Waals surface area contributed by atoms with Gasteiger partial charge in [-0.15, -0.1) is 11.3 Å². The zero-order valence-corrected chi connectivity index (χ0v) is 24.5. The Morgan fingerprint density at radius 2 is 1.82 bits per heavy atom. The fourth-order valence-electron chi connectivity index (χ4n) is 4.57. The normalized spacial score (nSPS) is 16.1. The molecule has 2 aromatic heterocycles. The van der Waals surface area contributed by atoms with Crippen molar-refractivity contribution in [3.05, 3.63) is 40.4 Å². The third-order valence-electron chi connectivity index (χ3n) is 7.06. The van der Waals surface area contributed by atoms with Crippen molar-refractivity contribution in [3.8, 4) is 0 Å². The lowest BCUT2D eigenvalue weighted by Crippen LogP contribution is -2.42. The van der Waals surface area contributed by atoms with Gasteiger partial charge in [0.15, 0.2) is 6.10 Å². The fourth-order valence-corrected chi connectivity index (χ4v) is 5.41. The van der Waals surface area contributed by atoms with Crippen molar-refractivity contribution < 1.29 is 29.0 Å². The number of carbonyl (C=O) groups excluding carboxylic acids is 3. The van der Waals surface area contributed by atoms with Gasteiger partial charge in [0.1, 0.15) is 16.5 Å². The number of thiazole rings is 1. The van der Waals surface area contributed by atoms with E-state index in [1.807, 2.05) is 13.8 Å². The van der Waals surface area contributed by atoms with E-state index in [9.17, 15) is 24.3 Å². The van der Waals surface area contributed by atoms with Gasteiger partial charge in [-0.2, -0.15) is 0 Å². The number of amides is 2. The van der Waals surface area contributed by atoms with E-state index in [0.29, 0.717) is 29.6 Å². The van der Waals surface area contributed by atoms with Crippen LogP contribution in [0, 0.1) is 17.8 Å². The zero-order chi connectivity index (χ0) is 29.4. The van der Waals surface area contributed by atoms with Crippen LogP contribution < -0.4 is 5.32 Å². The van der Waals surface area contributed by atoms with Crippen LogP contribution >= 0.6 is 11.3 Å². The highest BCUT2D eigenvalue weighted by atomic mass is 32.1. The fraction of sp³-hybridized carbons (Fsp3) is 0.607. The molecule has 0 aliphatic heterocycles. The number of hydrogen-bond acceptors (Lipinski definition) is 9. The van der Waals surface area contributed by atoms with Crippen LogP contribution in [0.25, 0.3) is 0 Å². The molecule has 2 N–H and O–H groups in total. The molecule has 12 heteroatoms. The maximum Gasteiger partial charge on any atom is 0.306 e. The van der Waals surface area contributed by atoms with Crippen LogP contribution in [-0.4, -0.2) is 67.8 Å². The minimum atomic E-state index is -0.964. The molecule has 4 atom stereocenters. The lowest BCUT2D eigenvalue weighted by atomic mass is 9.96. The second kappa shape index (κ2) is 14.3. The number of esters is 1. The predicted molar refractivity (Wildman–Crippen MR) is 148 cm³/mol. The Bertz CT molecular complexity index is 1170. The Hall–Kier alpha value is -3.41. The highest BCUT2D eigenvalue weighted by Crippen LogP contribution is 2.35.